The van der Waals surface area contributed by atoms with E-state index in [0.717, 1.165) is 56.5 Å². The molecule has 3 saturated carbocycles. The summed E-state index contributed by atoms with van der Waals surface area (Å²) >= 11 is 0. The molecule has 4 bridgehead atoms. The lowest BCUT2D eigenvalue weighted by atomic mass is 9.43. The second kappa shape index (κ2) is 10.9. The Morgan fingerprint density at radius 1 is 1.17 bits per heavy atom. The Hall–Kier alpha value is -2.44. The minimum atomic E-state index is -0.970. The van der Waals surface area contributed by atoms with Crippen molar-refractivity contribution in [1.29, 1.82) is 0 Å². The predicted octanol–water partition coefficient (Wildman–Crippen LogP) is 6.24. The summed E-state index contributed by atoms with van der Waals surface area (Å²) in [6.07, 6.45) is 10.0. The van der Waals surface area contributed by atoms with E-state index in [1.807, 2.05) is 12.1 Å². The van der Waals surface area contributed by atoms with E-state index in [4.69, 9.17) is 14.2 Å². The molecule has 1 aliphatic heterocycles. The molecule has 1 aromatic rings. The number of carbonyl (C=O) groups excluding carboxylic acids is 2. The maximum absolute atomic E-state index is 14.6. The highest BCUT2D eigenvalue weighted by atomic mass is 16.5. The van der Waals surface area contributed by atoms with Crippen LogP contribution in [0.4, 0.5) is 0 Å². The highest BCUT2D eigenvalue weighted by molar-refractivity contribution is 5.91. The lowest BCUT2D eigenvalue weighted by Crippen LogP contribution is -2.64. The van der Waals surface area contributed by atoms with Crippen molar-refractivity contribution in [3.63, 3.8) is 0 Å². The molecule has 6 rings (SSSR count). The van der Waals surface area contributed by atoms with Crippen LogP contribution in [0, 0.1) is 45.8 Å². The van der Waals surface area contributed by atoms with Gasteiger partial charge in [-0.25, -0.2) is 0 Å². The number of allylic oxidation sites excluding steroid dienone is 1. The first kappa shape index (κ1) is 29.6. The van der Waals surface area contributed by atoms with Gasteiger partial charge in [0.15, 0.2) is 0 Å². The number of benzene rings is 1. The Morgan fingerprint density at radius 2 is 1.93 bits per heavy atom. The van der Waals surface area contributed by atoms with Crippen LogP contribution in [-0.2, 0) is 25.6 Å². The fourth-order valence-corrected chi connectivity index (χ4v) is 10.5. The van der Waals surface area contributed by atoms with E-state index in [9.17, 15) is 9.59 Å². The first-order valence-electron chi connectivity index (χ1n) is 16.1. The minimum Gasteiger partial charge on any atom is -0.497 e. The monoisotopic (exact) mass is 575 g/mol. The number of ether oxygens (including phenoxy) is 3. The molecule has 9 atom stereocenters. The molecule has 0 unspecified atom stereocenters. The first-order valence-corrected chi connectivity index (χ1v) is 16.1. The Balaban J connectivity index is 1.31. The average molecular weight is 576 g/mol. The number of hydrogen-bond donors (Lipinski definition) is 0. The lowest BCUT2D eigenvalue weighted by Gasteiger charge is -2.59. The van der Waals surface area contributed by atoms with E-state index in [-0.39, 0.29) is 36.4 Å². The summed E-state index contributed by atoms with van der Waals surface area (Å²) in [6, 6.07) is 8.69. The number of fused-ring (bicyclic) bond motifs is 2. The van der Waals surface area contributed by atoms with E-state index in [1.165, 1.54) is 11.8 Å². The molecule has 5 aliphatic rings. The molecule has 1 saturated heterocycles. The van der Waals surface area contributed by atoms with Crippen molar-refractivity contribution in [2.45, 2.75) is 78.5 Å². The maximum Gasteiger partial charge on any atom is 0.318 e. The van der Waals surface area contributed by atoms with Gasteiger partial charge in [-0.05, 0) is 79.9 Å². The molecule has 0 N–H and O–H groups in total. The Labute approximate surface area is 251 Å². The second-order valence-electron chi connectivity index (χ2n) is 14.4. The zero-order valence-corrected chi connectivity index (χ0v) is 26.1. The van der Waals surface area contributed by atoms with Crippen LogP contribution in [-0.4, -0.2) is 56.2 Å². The van der Waals surface area contributed by atoms with Gasteiger partial charge >= 0.3 is 5.97 Å². The lowest BCUT2D eigenvalue weighted by molar-refractivity contribution is -0.192. The van der Waals surface area contributed by atoms with Gasteiger partial charge in [0.1, 0.15) is 24.1 Å². The summed E-state index contributed by atoms with van der Waals surface area (Å²) in [5.41, 5.74) is 0.210. The predicted molar refractivity (Wildman–Crippen MR) is 163 cm³/mol. The van der Waals surface area contributed by atoms with Gasteiger partial charge in [-0.1, -0.05) is 63.6 Å². The van der Waals surface area contributed by atoms with E-state index in [2.05, 4.69) is 57.4 Å². The van der Waals surface area contributed by atoms with Crippen LogP contribution < -0.4 is 4.74 Å². The fraction of sp³-hybridized carbons (Fsp3) is 0.667. The Bertz CT molecular complexity index is 1240. The van der Waals surface area contributed by atoms with E-state index >= 15 is 0 Å². The molecular weight excluding hydrogens is 526 g/mol. The summed E-state index contributed by atoms with van der Waals surface area (Å²) in [5.74, 6) is 2.12. The van der Waals surface area contributed by atoms with Gasteiger partial charge in [0.05, 0.1) is 25.2 Å². The number of hydrogen-bond acceptors (Lipinski definition) is 6. The molecule has 0 amide bonds. The molecule has 4 fully saturated rings. The molecule has 0 aromatic heterocycles. The topological polar surface area (TPSA) is 65.1 Å². The van der Waals surface area contributed by atoms with Gasteiger partial charge in [-0.2, -0.15) is 0 Å². The standard InChI is InChI=1S/C36H49NO5/c1-7-14-41-33(39)36-32(23(2)3)16-27-17-34(36,21-38)31-13-8-24(4)30(31)18-35(27,36)22-42-29-15-25(5)37(20-29)19-26-9-11-28(40-6)12-10-26/h7,9-12,16,21,23-25,27,29-31H,1,8,13-15,17-20,22H2,2-6H3/t24-,25+,27+,29-,30-,31-,34+,35+,36+/m1/s1. The number of carbonyl (C=O) groups is 2. The van der Waals surface area contributed by atoms with Gasteiger partial charge in [-0.15, -0.1) is 0 Å². The number of likely N-dealkylation sites (tertiary alicyclic amines) is 1. The van der Waals surface area contributed by atoms with Crippen molar-refractivity contribution in [1.82, 2.24) is 4.90 Å². The summed E-state index contributed by atoms with van der Waals surface area (Å²) in [7, 11) is 1.69. The Kier molecular flexibility index (Phi) is 7.71. The van der Waals surface area contributed by atoms with E-state index in [0.29, 0.717) is 24.5 Å². The maximum atomic E-state index is 14.6. The molecule has 1 heterocycles. The SMILES string of the molecule is C=CCOC(=O)[C@@]12C(C(C)C)=C[C@H]3C[C@]1(C=O)[C@@H]1CC[C@@H](C)[C@H]1C[C@]32CO[C@@H]1C[C@H](C)N(Cc2ccc(OC)cc2)C1. The van der Waals surface area contributed by atoms with Crippen LogP contribution in [0.15, 0.2) is 48.6 Å². The summed E-state index contributed by atoms with van der Waals surface area (Å²) in [5, 5.41) is 0. The van der Waals surface area contributed by atoms with Gasteiger partial charge in [-0.3, -0.25) is 9.69 Å². The molecule has 4 aliphatic carbocycles. The first-order chi connectivity index (χ1) is 20.2. The van der Waals surface area contributed by atoms with Crippen molar-refractivity contribution in [3.05, 3.63) is 54.1 Å². The molecule has 0 spiro atoms. The number of esters is 1. The number of rotatable bonds is 11. The zero-order valence-electron chi connectivity index (χ0n) is 26.1. The summed E-state index contributed by atoms with van der Waals surface area (Å²) in [6.45, 7) is 15.1. The van der Waals surface area contributed by atoms with Gasteiger partial charge < -0.3 is 19.0 Å². The number of methoxy groups -OCH3 is 1. The largest absolute Gasteiger partial charge is 0.497 e. The minimum absolute atomic E-state index is 0.0840. The third-order valence-corrected chi connectivity index (χ3v) is 12.2. The molecule has 228 valence electrons. The van der Waals surface area contributed by atoms with Crippen LogP contribution >= 0.6 is 0 Å². The van der Waals surface area contributed by atoms with Crippen molar-refractivity contribution >= 4 is 12.3 Å². The van der Waals surface area contributed by atoms with Crippen molar-refractivity contribution in [2.75, 3.05) is 26.9 Å². The second-order valence-corrected chi connectivity index (χ2v) is 14.4. The molecule has 42 heavy (non-hydrogen) atoms. The van der Waals surface area contributed by atoms with Crippen LogP contribution in [0.25, 0.3) is 0 Å². The molecule has 6 heteroatoms. The Morgan fingerprint density at radius 3 is 2.60 bits per heavy atom. The van der Waals surface area contributed by atoms with Crippen molar-refractivity contribution in [3.8, 4) is 5.75 Å². The quantitative estimate of drug-likeness (QED) is 0.177. The van der Waals surface area contributed by atoms with Gasteiger partial charge in [0.25, 0.3) is 0 Å². The van der Waals surface area contributed by atoms with Crippen LogP contribution in [0.1, 0.15) is 65.4 Å². The third-order valence-electron chi connectivity index (χ3n) is 12.2. The van der Waals surface area contributed by atoms with Crippen LogP contribution in [0.5, 0.6) is 5.75 Å². The van der Waals surface area contributed by atoms with Gasteiger partial charge in [0.2, 0.25) is 0 Å². The van der Waals surface area contributed by atoms with Crippen LogP contribution in [0.2, 0.25) is 0 Å². The smallest absolute Gasteiger partial charge is 0.318 e. The van der Waals surface area contributed by atoms with Gasteiger partial charge in [0, 0.05) is 24.5 Å². The average Bonchev–Trinajstić information content (AvgIpc) is 3.67. The summed E-state index contributed by atoms with van der Waals surface area (Å²) < 4.78 is 18.3. The molecule has 6 nitrogen and oxygen atoms in total. The molecule has 0 radical (unpaired) electrons. The molecule has 1 aromatic carbocycles. The van der Waals surface area contributed by atoms with Crippen LogP contribution in [0.3, 0.4) is 0 Å². The van der Waals surface area contributed by atoms with Crippen molar-refractivity contribution in [2.24, 2.45) is 45.8 Å². The number of nitrogens with zero attached hydrogens (tertiary/aromatic N) is 1. The molecular formula is C36H49NO5. The van der Waals surface area contributed by atoms with E-state index < -0.39 is 16.2 Å². The number of aldehydes is 1. The highest BCUT2D eigenvalue weighted by Crippen LogP contribution is 2.82. The highest BCUT2D eigenvalue weighted by Gasteiger charge is 2.84. The van der Waals surface area contributed by atoms with E-state index in [1.54, 1.807) is 13.2 Å². The third kappa shape index (κ3) is 4.03. The normalized spacial score (nSPS) is 40.2. The fourth-order valence-electron chi connectivity index (χ4n) is 10.5. The summed E-state index contributed by atoms with van der Waals surface area (Å²) in [4.78, 5) is 30.6. The zero-order chi connectivity index (χ0) is 29.9. The van der Waals surface area contributed by atoms with Crippen molar-refractivity contribution < 1.29 is 23.8 Å².